The summed E-state index contributed by atoms with van der Waals surface area (Å²) >= 11 is 0. The van der Waals surface area contributed by atoms with Crippen molar-refractivity contribution in [3.8, 4) is 0 Å². The second kappa shape index (κ2) is 7.94. The Hall–Kier alpha value is -2.74. The Labute approximate surface area is 170 Å². The van der Waals surface area contributed by atoms with Gasteiger partial charge in [0.1, 0.15) is 0 Å². The van der Waals surface area contributed by atoms with Gasteiger partial charge in [-0.3, -0.25) is 4.79 Å². The van der Waals surface area contributed by atoms with E-state index in [1.165, 1.54) is 10.4 Å². The van der Waals surface area contributed by atoms with Crippen molar-refractivity contribution in [2.45, 2.75) is 11.8 Å². The Morgan fingerprint density at radius 1 is 1.00 bits per heavy atom. The molecule has 1 fully saturated rings. The largest absolute Gasteiger partial charge is 0.379 e. The fraction of sp³-hybridized carbons (Fsp3) is 0.227. The van der Waals surface area contributed by atoms with Crippen molar-refractivity contribution >= 4 is 32.4 Å². The Morgan fingerprint density at radius 3 is 2.52 bits per heavy atom. The van der Waals surface area contributed by atoms with Crippen LogP contribution in [-0.2, 0) is 14.8 Å². The van der Waals surface area contributed by atoms with E-state index in [1.807, 2.05) is 43.3 Å². The summed E-state index contributed by atoms with van der Waals surface area (Å²) in [4.78, 5) is 13.1. The van der Waals surface area contributed by atoms with Gasteiger partial charge < -0.3 is 10.1 Å². The monoisotopic (exact) mass is 410 g/mol. The first-order valence-electron chi connectivity index (χ1n) is 9.44. The van der Waals surface area contributed by atoms with Crippen LogP contribution in [0.1, 0.15) is 15.9 Å². The number of amides is 1. The van der Waals surface area contributed by atoms with E-state index in [2.05, 4.69) is 5.32 Å². The van der Waals surface area contributed by atoms with Gasteiger partial charge in [0.2, 0.25) is 10.0 Å². The van der Waals surface area contributed by atoms with E-state index >= 15 is 0 Å². The number of morpholine rings is 1. The zero-order valence-corrected chi connectivity index (χ0v) is 16.9. The topological polar surface area (TPSA) is 75.7 Å². The van der Waals surface area contributed by atoms with Crippen LogP contribution < -0.4 is 5.32 Å². The predicted octanol–water partition coefficient (Wildman–Crippen LogP) is 3.42. The summed E-state index contributed by atoms with van der Waals surface area (Å²) in [5.41, 5.74) is 1.82. The van der Waals surface area contributed by atoms with Gasteiger partial charge in [0.25, 0.3) is 5.91 Å². The van der Waals surface area contributed by atoms with Gasteiger partial charge in [0, 0.05) is 24.3 Å². The number of nitrogens with one attached hydrogen (secondary N) is 1. The minimum Gasteiger partial charge on any atom is -0.379 e. The second-order valence-corrected chi connectivity index (χ2v) is 8.91. The summed E-state index contributed by atoms with van der Waals surface area (Å²) in [6.45, 7) is 3.26. The molecule has 0 radical (unpaired) electrons. The minimum atomic E-state index is -3.63. The number of anilines is 1. The van der Waals surface area contributed by atoms with E-state index in [9.17, 15) is 13.2 Å². The van der Waals surface area contributed by atoms with Crippen LogP contribution in [0.15, 0.2) is 65.6 Å². The zero-order chi connectivity index (χ0) is 20.4. The van der Waals surface area contributed by atoms with Gasteiger partial charge in [-0.05, 0) is 41.5 Å². The fourth-order valence-corrected chi connectivity index (χ4v) is 4.88. The number of rotatable bonds is 4. The first-order chi connectivity index (χ1) is 14.0. The third kappa shape index (κ3) is 3.89. The second-order valence-electron chi connectivity index (χ2n) is 6.97. The highest BCUT2D eigenvalue weighted by Crippen LogP contribution is 2.25. The lowest BCUT2D eigenvalue weighted by Gasteiger charge is -2.26. The number of hydrogen-bond donors (Lipinski definition) is 1. The van der Waals surface area contributed by atoms with Crippen molar-refractivity contribution in [2.75, 3.05) is 31.6 Å². The molecule has 3 aromatic carbocycles. The molecule has 0 atom stereocenters. The molecule has 1 aliphatic rings. The number of fused-ring (bicyclic) bond motifs is 1. The van der Waals surface area contributed by atoms with Crippen molar-refractivity contribution in [1.82, 2.24) is 4.31 Å². The molecule has 1 saturated heterocycles. The van der Waals surface area contributed by atoms with Crippen molar-refractivity contribution in [3.63, 3.8) is 0 Å². The maximum absolute atomic E-state index is 13.0. The predicted molar refractivity (Wildman–Crippen MR) is 113 cm³/mol. The Bertz CT molecular complexity index is 1160. The van der Waals surface area contributed by atoms with Gasteiger partial charge in [-0.1, -0.05) is 42.5 Å². The number of benzene rings is 3. The molecule has 1 amide bonds. The highest BCUT2D eigenvalue weighted by molar-refractivity contribution is 7.89. The molecule has 1 N–H and O–H groups in total. The molecule has 3 aromatic rings. The number of carbonyl (C=O) groups is 1. The zero-order valence-electron chi connectivity index (χ0n) is 16.1. The number of carbonyl (C=O) groups excluding carboxylic acids is 1. The average Bonchev–Trinajstić information content (AvgIpc) is 2.75. The summed E-state index contributed by atoms with van der Waals surface area (Å²) in [5, 5.41) is 4.71. The molecule has 1 heterocycles. The van der Waals surface area contributed by atoms with Crippen molar-refractivity contribution in [3.05, 3.63) is 71.8 Å². The highest BCUT2D eigenvalue weighted by atomic mass is 32.2. The molecule has 0 unspecified atom stereocenters. The molecule has 6 nitrogen and oxygen atoms in total. The quantitative estimate of drug-likeness (QED) is 0.715. The van der Waals surface area contributed by atoms with E-state index in [0.717, 1.165) is 16.3 Å². The van der Waals surface area contributed by atoms with Gasteiger partial charge in [-0.2, -0.15) is 4.31 Å². The number of nitrogens with zero attached hydrogens (tertiary/aromatic N) is 1. The van der Waals surface area contributed by atoms with Crippen LogP contribution in [0.2, 0.25) is 0 Å². The highest BCUT2D eigenvalue weighted by Gasteiger charge is 2.27. The minimum absolute atomic E-state index is 0.165. The normalized spacial score (nSPS) is 15.3. The summed E-state index contributed by atoms with van der Waals surface area (Å²) < 4.78 is 32.5. The van der Waals surface area contributed by atoms with Crippen LogP contribution in [-0.4, -0.2) is 44.9 Å². The number of sulfonamides is 1. The van der Waals surface area contributed by atoms with E-state index in [1.54, 1.807) is 18.2 Å². The van der Waals surface area contributed by atoms with Crippen LogP contribution in [0, 0.1) is 6.92 Å². The van der Waals surface area contributed by atoms with Gasteiger partial charge >= 0.3 is 0 Å². The van der Waals surface area contributed by atoms with E-state index < -0.39 is 10.0 Å². The molecule has 0 saturated carbocycles. The lowest BCUT2D eigenvalue weighted by Crippen LogP contribution is -2.40. The maximum Gasteiger partial charge on any atom is 0.256 e. The Morgan fingerprint density at radius 2 is 1.72 bits per heavy atom. The third-order valence-corrected chi connectivity index (χ3v) is 6.99. The van der Waals surface area contributed by atoms with Gasteiger partial charge in [-0.25, -0.2) is 8.42 Å². The van der Waals surface area contributed by atoms with Crippen LogP contribution in [0.3, 0.4) is 0 Å². The van der Waals surface area contributed by atoms with Crippen LogP contribution in [0.25, 0.3) is 10.8 Å². The lowest BCUT2D eigenvalue weighted by atomic mass is 10.0. The van der Waals surface area contributed by atoms with E-state index in [-0.39, 0.29) is 10.8 Å². The van der Waals surface area contributed by atoms with Gasteiger partial charge in [0.05, 0.1) is 18.1 Å². The molecular weight excluding hydrogens is 388 g/mol. The van der Waals surface area contributed by atoms with Crippen molar-refractivity contribution in [1.29, 1.82) is 0 Å². The third-order valence-electron chi connectivity index (χ3n) is 5.10. The maximum atomic E-state index is 13.0. The molecule has 0 aliphatic carbocycles. The molecule has 0 aromatic heterocycles. The molecule has 0 bridgehead atoms. The Balaban J connectivity index is 1.65. The fourth-order valence-electron chi connectivity index (χ4n) is 3.45. The number of hydrogen-bond acceptors (Lipinski definition) is 4. The molecular formula is C22H22N2O4S. The van der Waals surface area contributed by atoms with E-state index in [0.29, 0.717) is 37.6 Å². The first-order valence-corrected chi connectivity index (χ1v) is 10.9. The van der Waals surface area contributed by atoms with Gasteiger partial charge in [0.15, 0.2) is 0 Å². The molecule has 150 valence electrons. The van der Waals surface area contributed by atoms with Crippen molar-refractivity contribution in [2.24, 2.45) is 0 Å². The summed E-state index contributed by atoms with van der Waals surface area (Å²) in [7, 11) is -3.63. The van der Waals surface area contributed by atoms with Crippen LogP contribution in [0.5, 0.6) is 0 Å². The molecule has 0 spiro atoms. The lowest BCUT2D eigenvalue weighted by molar-refractivity contribution is 0.0730. The summed E-state index contributed by atoms with van der Waals surface area (Å²) in [5.74, 6) is -0.272. The molecule has 4 rings (SSSR count). The SMILES string of the molecule is Cc1ccc(S(=O)(=O)N2CCOCC2)cc1NC(=O)c1cccc2ccccc12. The standard InChI is InChI=1S/C22H22N2O4S/c1-16-9-10-18(29(26,27)24-11-13-28-14-12-24)15-21(16)23-22(25)20-8-4-6-17-5-2-3-7-19(17)20/h2-10,15H,11-14H2,1H3,(H,23,25). The first kappa shape index (κ1) is 19.6. The van der Waals surface area contributed by atoms with Gasteiger partial charge in [-0.15, -0.1) is 0 Å². The smallest absolute Gasteiger partial charge is 0.256 e. The Kier molecular flexibility index (Phi) is 5.36. The molecule has 7 heteroatoms. The van der Waals surface area contributed by atoms with Crippen LogP contribution in [0.4, 0.5) is 5.69 Å². The van der Waals surface area contributed by atoms with E-state index in [4.69, 9.17) is 4.74 Å². The summed E-state index contributed by atoms with van der Waals surface area (Å²) in [6, 6.07) is 18.0. The number of ether oxygens (including phenoxy) is 1. The average molecular weight is 410 g/mol. The molecule has 29 heavy (non-hydrogen) atoms. The summed E-state index contributed by atoms with van der Waals surface area (Å²) in [6.07, 6.45) is 0. The number of aryl methyl sites for hydroxylation is 1. The molecule has 1 aliphatic heterocycles. The van der Waals surface area contributed by atoms with Crippen LogP contribution >= 0.6 is 0 Å². The van der Waals surface area contributed by atoms with Crippen molar-refractivity contribution < 1.29 is 17.9 Å².